The van der Waals surface area contributed by atoms with E-state index in [9.17, 15) is 8.42 Å². The molecular formula is C8H13NO3S. The second-order valence-electron chi connectivity index (χ2n) is 3.73. The van der Waals surface area contributed by atoms with E-state index in [1.54, 1.807) is 20.8 Å². The van der Waals surface area contributed by atoms with Crippen LogP contribution < -0.4 is 0 Å². The zero-order chi connectivity index (χ0) is 10.7. The Morgan fingerprint density at radius 3 is 2.23 bits per heavy atom. The van der Waals surface area contributed by atoms with Gasteiger partial charge in [0.2, 0.25) is 0 Å². The molecule has 13 heavy (non-hydrogen) atoms. The molecule has 4 nitrogen and oxygen atoms in total. The Kier molecular flexibility index (Phi) is 3.64. The van der Waals surface area contributed by atoms with E-state index in [0.717, 1.165) is 0 Å². The van der Waals surface area contributed by atoms with Crippen molar-refractivity contribution >= 4 is 10.1 Å². The Bertz CT molecular complexity index is 341. The fourth-order valence-corrected chi connectivity index (χ4v) is 1.09. The lowest BCUT2D eigenvalue weighted by Gasteiger charge is -2.16. The third-order valence-corrected chi connectivity index (χ3v) is 2.01. The Morgan fingerprint density at radius 2 is 2.00 bits per heavy atom. The van der Waals surface area contributed by atoms with Crippen molar-refractivity contribution in [3.63, 3.8) is 0 Å². The van der Waals surface area contributed by atoms with Crippen molar-refractivity contribution in [3.05, 3.63) is 11.6 Å². The Morgan fingerprint density at radius 1 is 1.54 bits per heavy atom. The van der Waals surface area contributed by atoms with Crippen LogP contribution in [0.5, 0.6) is 0 Å². The minimum Gasteiger partial charge on any atom is -0.285 e. The normalized spacial score (nSPS) is 13.9. The summed E-state index contributed by atoms with van der Waals surface area (Å²) in [5.74, 6) is -0.507. The lowest BCUT2D eigenvalue weighted by Crippen LogP contribution is -2.10. The van der Waals surface area contributed by atoms with Gasteiger partial charge < -0.3 is 0 Å². The number of hydrogen-bond donors (Lipinski definition) is 1. The Balaban J connectivity index is 4.75. The van der Waals surface area contributed by atoms with Crippen LogP contribution in [0.2, 0.25) is 0 Å². The smallest absolute Gasteiger partial charge is 0.268 e. The first-order chi connectivity index (χ1) is 5.67. The minimum atomic E-state index is -4.02. The summed E-state index contributed by atoms with van der Waals surface area (Å²) < 4.78 is 29.2. The first-order valence-corrected chi connectivity index (χ1v) is 5.33. The number of nitrogens with zero attached hydrogens (tertiary/aromatic N) is 1. The molecule has 5 heteroatoms. The van der Waals surface area contributed by atoms with Gasteiger partial charge in [-0.05, 0) is 5.41 Å². The highest BCUT2D eigenvalue weighted by atomic mass is 32.2. The summed E-state index contributed by atoms with van der Waals surface area (Å²) in [6.45, 7) is 5.39. The van der Waals surface area contributed by atoms with E-state index in [-0.39, 0.29) is 5.41 Å². The van der Waals surface area contributed by atoms with Crippen molar-refractivity contribution < 1.29 is 13.0 Å². The Hall–Kier alpha value is -0.860. The predicted molar refractivity (Wildman–Crippen MR) is 49.6 cm³/mol. The van der Waals surface area contributed by atoms with Crippen molar-refractivity contribution in [2.75, 3.05) is 5.75 Å². The van der Waals surface area contributed by atoms with Crippen molar-refractivity contribution in [2.24, 2.45) is 5.41 Å². The van der Waals surface area contributed by atoms with Gasteiger partial charge in [0.05, 0.1) is 11.8 Å². The van der Waals surface area contributed by atoms with Crippen molar-refractivity contribution in [3.8, 4) is 6.07 Å². The Labute approximate surface area is 78.6 Å². The van der Waals surface area contributed by atoms with E-state index in [0.29, 0.717) is 5.57 Å². The molecule has 0 bridgehead atoms. The SMILES string of the molecule is CC(C)(C)/C(C#N)=C/CS(=O)(=O)O. The number of nitriles is 1. The molecule has 0 saturated carbocycles. The molecule has 0 heterocycles. The van der Waals surface area contributed by atoms with Gasteiger partial charge in [-0.25, -0.2) is 0 Å². The van der Waals surface area contributed by atoms with Crippen LogP contribution in [-0.4, -0.2) is 18.7 Å². The fourth-order valence-electron chi connectivity index (χ4n) is 0.708. The highest BCUT2D eigenvalue weighted by Crippen LogP contribution is 2.24. The molecule has 74 valence electrons. The van der Waals surface area contributed by atoms with Crippen LogP contribution in [-0.2, 0) is 10.1 Å². The maximum absolute atomic E-state index is 10.4. The topological polar surface area (TPSA) is 78.2 Å². The number of rotatable bonds is 2. The van der Waals surface area contributed by atoms with Crippen molar-refractivity contribution in [1.82, 2.24) is 0 Å². The van der Waals surface area contributed by atoms with Gasteiger partial charge in [-0.15, -0.1) is 0 Å². The largest absolute Gasteiger partial charge is 0.285 e. The summed E-state index contributed by atoms with van der Waals surface area (Å²) in [6.07, 6.45) is 1.23. The molecule has 0 amide bonds. The molecule has 0 spiro atoms. The molecule has 0 radical (unpaired) electrons. The monoisotopic (exact) mass is 203 g/mol. The second kappa shape index (κ2) is 3.90. The van der Waals surface area contributed by atoms with Gasteiger partial charge in [-0.1, -0.05) is 26.8 Å². The molecule has 0 aliphatic rings. The summed E-state index contributed by atoms with van der Waals surface area (Å²) >= 11 is 0. The average molecular weight is 203 g/mol. The average Bonchev–Trinajstić information content (AvgIpc) is 1.82. The molecule has 0 atom stereocenters. The van der Waals surface area contributed by atoms with Gasteiger partial charge in [-0.2, -0.15) is 13.7 Å². The molecule has 0 aromatic carbocycles. The van der Waals surface area contributed by atoms with Gasteiger partial charge >= 0.3 is 0 Å². The van der Waals surface area contributed by atoms with Crippen LogP contribution in [0.3, 0.4) is 0 Å². The minimum absolute atomic E-state index is 0.352. The molecule has 0 fully saturated rings. The molecular weight excluding hydrogens is 190 g/mol. The van der Waals surface area contributed by atoms with E-state index in [4.69, 9.17) is 9.81 Å². The highest BCUT2D eigenvalue weighted by Gasteiger charge is 2.17. The van der Waals surface area contributed by atoms with Crippen LogP contribution in [0.1, 0.15) is 20.8 Å². The number of allylic oxidation sites excluding steroid dienone is 1. The van der Waals surface area contributed by atoms with Crippen LogP contribution in [0, 0.1) is 16.7 Å². The molecule has 0 aliphatic heterocycles. The zero-order valence-corrected chi connectivity index (χ0v) is 8.72. The lowest BCUT2D eigenvalue weighted by molar-refractivity contribution is 0.485. The molecule has 0 aliphatic carbocycles. The van der Waals surface area contributed by atoms with E-state index in [1.807, 2.05) is 6.07 Å². The second-order valence-corrected chi connectivity index (χ2v) is 5.23. The lowest BCUT2D eigenvalue weighted by atomic mass is 9.87. The van der Waals surface area contributed by atoms with Crippen LogP contribution in [0.4, 0.5) is 0 Å². The molecule has 0 rings (SSSR count). The summed E-state index contributed by atoms with van der Waals surface area (Å²) in [4.78, 5) is 0. The summed E-state index contributed by atoms with van der Waals surface area (Å²) in [5, 5.41) is 8.66. The maximum Gasteiger partial charge on any atom is 0.268 e. The first-order valence-electron chi connectivity index (χ1n) is 3.73. The van der Waals surface area contributed by atoms with Gasteiger partial charge in [0.1, 0.15) is 0 Å². The van der Waals surface area contributed by atoms with Crippen LogP contribution >= 0.6 is 0 Å². The van der Waals surface area contributed by atoms with Crippen molar-refractivity contribution in [1.29, 1.82) is 5.26 Å². The predicted octanol–water partition coefficient (Wildman–Crippen LogP) is 1.37. The van der Waals surface area contributed by atoms with Gasteiger partial charge in [0.15, 0.2) is 0 Å². The van der Waals surface area contributed by atoms with Crippen LogP contribution in [0.15, 0.2) is 11.6 Å². The quantitative estimate of drug-likeness (QED) is 0.543. The molecule has 0 unspecified atom stereocenters. The molecule has 0 aromatic rings. The van der Waals surface area contributed by atoms with Crippen LogP contribution in [0.25, 0.3) is 0 Å². The summed E-state index contributed by atoms with van der Waals surface area (Å²) in [5.41, 5.74) is -0.0375. The third-order valence-electron chi connectivity index (χ3n) is 1.43. The number of hydrogen-bond acceptors (Lipinski definition) is 3. The van der Waals surface area contributed by atoms with Gasteiger partial charge in [-0.3, -0.25) is 4.55 Å². The standard InChI is InChI=1S/C8H13NO3S/c1-8(2,3)7(6-9)4-5-13(10,11)12/h4H,5H2,1-3H3,(H,10,11,12)/b7-4+. The highest BCUT2D eigenvalue weighted by molar-refractivity contribution is 7.85. The van der Waals surface area contributed by atoms with E-state index in [2.05, 4.69) is 0 Å². The van der Waals surface area contributed by atoms with Crippen molar-refractivity contribution in [2.45, 2.75) is 20.8 Å². The molecule has 0 aromatic heterocycles. The maximum atomic E-state index is 10.4. The fraction of sp³-hybridized carbons (Fsp3) is 0.625. The molecule has 0 saturated heterocycles. The van der Waals surface area contributed by atoms with Gasteiger partial charge in [0, 0.05) is 5.57 Å². The van der Waals surface area contributed by atoms with E-state index in [1.165, 1.54) is 6.08 Å². The third kappa shape index (κ3) is 5.39. The molecule has 1 N–H and O–H groups in total. The first kappa shape index (κ1) is 12.1. The van der Waals surface area contributed by atoms with E-state index < -0.39 is 15.9 Å². The van der Waals surface area contributed by atoms with Gasteiger partial charge in [0.25, 0.3) is 10.1 Å². The zero-order valence-electron chi connectivity index (χ0n) is 7.90. The summed E-state index contributed by atoms with van der Waals surface area (Å²) in [6, 6.07) is 1.90. The van der Waals surface area contributed by atoms with E-state index >= 15 is 0 Å². The summed E-state index contributed by atoms with van der Waals surface area (Å²) in [7, 11) is -4.02.